The summed E-state index contributed by atoms with van der Waals surface area (Å²) in [7, 11) is 0. The van der Waals surface area contributed by atoms with Crippen molar-refractivity contribution in [3.05, 3.63) is 35.4 Å². The van der Waals surface area contributed by atoms with Gasteiger partial charge in [0.15, 0.2) is 0 Å². The molecule has 1 aliphatic carbocycles. The minimum atomic E-state index is -0.333. The van der Waals surface area contributed by atoms with Gasteiger partial charge in [-0.15, -0.1) is 0 Å². The Hall–Kier alpha value is -1.44. The molecule has 0 saturated carbocycles. The third-order valence-corrected chi connectivity index (χ3v) is 1.87. The Labute approximate surface area is 105 Å². The van der Waals surface area contributed by atoms with Crippen molar-refractivity contribution in [1.29, 1.82) is 0 Å². The lowest BCUT2D eigenvalue weighted by Gasteiger charge is -1.90. The molecule has 0 unspecified atom stereocenters. The lowest BCUT2D eigenvalue weighted by Crippen LogP contribution is -2.05. The van der Waals surface area contributed by atoms with Gasteiger partial charge < -0.3 is 0 Å². The van der Waals surface area contributed by atoms with Gasteiger partial charge in [0.1, 0.15) is 0 Å². The van der Waals surface area contributed by atoms with Crippen molar-refractivity contribution in [3.8, 4) is 0 Å². The molecule has 0 N–H and O–H groups in total. The lowest BCUT2D eigenvalue weighted by molar-refractivity contribution is -0.114. The van der Waals surface area contributed by atoms with Crippen LogP contribution in [0.1, 0.15) is 57.5 Å². The van der Waals surface area contributed by atoms with Crippen LogP contribution in [0.4, 0.5) is 0 Å². The van der Waals surface area contributed by atoms with E-state index in [1.54, 1.807) is 12.1 Å². The van der Waals surface area contributed by atoms with Crippen LogP contribution >= 0.6 is 0 Å². The summed E-state index contributed by atoms with van der Waals surface area (Å²) in [5.41, 5.74) is 1.44. The Bertz CT molecular complexity index is 341. The van der Waals surface area contributed by atoms with Gasteiger partial charge >= 0.3 is 0 Å². The van der Waals surface area contributed by atoms with Crippen molar-refractivity contribution < 1.29 is 9.59 Å². The van der Waals surface area contributed by atoms with E-state index in [4.69, 9.17) is 0 Å². The molecule has 1 aromatic carbocycles. The van der Waals surface area contributed by atoms with Crippen LogP contribution in [-0.2, 0) is 11.2 Å². The van der Waals surface area contributed by atoms with E-state index in [1.165, 1.54) is 0 Å². The largest absolute Gasteiger partial charge is 0.290 e. The molecule has 0 aliphatic heterocycles. The van der Waals surface area contributed by atoms with Crippen molar-refractivity contribution in [2.45, 2.75) is 48.0 Å². The van der Waals surface area contributed by atoms with Gasteiger partial charge in [-0.25, -0.2) is 0 Å². The van der Waals surface area contributed by atoms with Gasteiger partial charge in [0, 0.05) is 12.0 Å². The summed E-state index contributed by atoms with van der Waals surface area (Å²) in [6.45, 7) is 12.0. The molecule has 0 atom stereocenters. The molecule has 0 radical (unpaired) electrons. The average molecular weight is 236 g/mol. The molecule has 2 heteroatoms. The molecule has 0 fully saturated rings. The fraction of sp³-hybridized carbons (Fsp3) is 0.467. The summed E-state index contributed by atoms with van der Waals surface area (Å²) in [6, 6.07) is 7.13. The molecule has 2 nitrogen and oxygen atoms in total. The van der Waals surface area contributed by atoms with Crippen molar-refractivity contribution in [2.24, 2.45) is 0 Å². The molecule has 96 valence electrons. The molecule has 0 bridgehead atoms. The first-order valence-electron chi connectivity index (χ1n) is 6.44. The Balaban J connectivity index is 0. The Kier molecular flexibility index (Phi) is 11.7. The zero-order chi connectivity index (χ0) is 13.8. The predicted molar refractivity (Wildman–Crippen MR) is 73.5 cm³/mol. The number of rotatable bonds is 0. The van der Waals surface area contributed by atoms with Gasteiger partial charge in [0.25, 0.3) is 0 Å². The molecule has 1 aromatic rings. The number of fused-ring (bicyclic) bond motifs is 1. The van der Waals surface area contributed by atoms with Crippen molar-refractivity contribution >= 4 is 11.6 Å². The standard InChI is InChI=1S/C9H6O2.3C2H6/c10-8-5-6-3-1-2-4-7(6)9(8)11;3*1-2/h1-4H,5H2;3*1-2H3. The van der Waals surface area contributed by atoms with Crippen LogP contribution in [0.3, 0.4) is 0 Å². The first kappa shape index (κ1) is 17.9. The summed E-state index contributed by atoms with van der Waals surface area (Å²) >= 11 is 0. The predicted octanol–water partition coefficient (Wildman–Crippen LogP) is 4.07. The second kappa shape index (κ2) is 11.1. The van der Waals surface area contributed by atoms with E-state index in [0.717, 1.165) is 5.56 Å². The summed E-state index contributed by atoms with van der Waals surface area (Å²) in [5, 5.41) is 0. The molecular weight excluding hydrogens is 212 g/mol. The van der Waals surface area contributed by atoms with Crippen LogP contribution < -0.4 is 0 Å². The van der Waals surface area contributed by atoms with Crippen molar-refractivity contribution in [1.82, 2.24) is 0 Å². The second-order valence-corrected chi connectivity index (χ2v) is 2.59. The molecule has 0 amide bonds. The fourth-order valence-corrected chi connectivity index (χ4v) is 1.30. The van der Waals surface area contributed by atoms with E-state index in [9.17, 15) is 9.59 Å². The molecule has 17 heavy (non-hydrogen) atoms. The lowest BCUT2D eigenvalue weighted by atomic mass is 10.1. The van der Waals surface area contributed by atoms with Gasteiger partial charge in [-0.2, -0.15) is 0 Å². The summed E-state index contributed by atoms with van der Waals surface area (Å²) in [6.07, 6.45) is 0.287. The highest BCUT2D eigenvalue weighted by Gasteiger charge is 2.26. The van der Waals surface area contributed by atoms with E-state index in [2.05, 4.69) is 0 Å². The summed E-state index contributed by atoms with van der Waals surface area (Å²) < 4.78 is 0. The Morgan fingerprint density at radius 3 is 1.76 bits per heavy atom. The minimum Gasteiger partial charge on any atom is -0.290 e. The zero-order valence-corrected chi connectivity index (χ0v) is 11.8. The number of hydrogen-bond acceptors (Lipinski definition) is 2. The maximum atomic E-state index is 11.0. The van der Waals surface area contributed by atoms with E-state index >= 15 is 0 Å². The van der Waals surface area contributed by atoms with Gasteiger partial charge in [-0.1, -0.05) is 65.8 Å². The number of Topliss-reactive ketones (excluding diaryl/α,β-unsaturated/α-hetero) is 2. The van der Waals surface area contributed by atoms with E-state index in [0.29, 0.717) is 5.56 Å². The fourth-order valence-electron chi connectivity index (χ4n) is 1.30. The second-order valence-electron chi connectivity index (χ2n) is 2.59. The van der Waals surface area contributed by atoms with Crippen LogP contribution in [0.2, 0.25) is 0 Å². The normalized spacial score (nSPS) is 10.9. The number of hydrogen-bond donors (Lipinski definition) is 0. The smallest absolute Gasteiger partial charge is 0.229 e. The van der Waals surface area contributed by atoms with Crippen LogP contribution in [-0.4, -0.2) is 11.6 Å². The highest BCUT2D eigenvalue weighted by atomic mass is 16.2. The highest BCUT2D eigenvalue weighted by Crippen LogP contribution is 2.18. The van der Waals surface area contributed by atoms with E-state index in [-0.39, 0.29) is 18.0 Å². The van der Waals surface area contributed by atoms with Gasteiger partial charge in [-0.3, -0.25) is 9.59 Å². The van der Waals surface area contributed by atoms with Crippen molar-refractivity contribution in [2.75, 3.05) is 0 Å². The van der Waals surface area contributed by atoms with Crippen LogP contribution in [0, 0.1) is 0 Å². The van der Waals surface area contributed by atoms with Gasteiger partial charge in [0.05, 0.1) is 0 Å². The number of carbonyl (C=O) groups excluding carboxylic acids is 2. The summed E-state index contributed by atoms with van der Waals surface area (Å²) in [5.74, 6) is -0.619. The molecule has 2 rings (SSSR count). The van der Waals surface area contributed by atoms with E-state index < -0.39 is 0 Å². The number of benzene rings is 1. The SMILES string of the molecule is CC.CC.CC.O=C1Cc2ccccc2C1=O. The number of ketones is 2. The zero-order valence-electron chi connectivity index (χ0n) is 11.8. The summed E-state index contributed by atoms with van der Waals surface area (Å²) in [4.78, 5) is 21.9. The van der Waals surface area contributed by atoms with Crippen LogP contribution in [0.25, 0.3) is 0 Å². The topological polar surface area (TPSA) is 34.1 Å². The molecule has 0 aromatic heterocycles. The maximum absolute atomic E-state index is 11.0. The molecule has 0 saturated heterocycles. The monoisotopic (exact) mass is 236 g/mol. The maximum Gasteiger partial charge on any atom is 0.229 e. The molecule has 0 spiro atoms. The minimum absolute atomic E-state index is 0.286. The third kappa shape index (κ3) is 4.94. The Morgan fingerprint density at radius 2 is 1.29 bits per heavy atom. The quantitative estimate of drug-likeness (QED) is 0.636. The van der Waals surface area contributed by atoms with Gasteiger partial charge in [-0.05, 0) is 5.56 Å². The highest BCUT2D eigenvalue weighted by molar-refractivity contribution is 6.47. The van der Waals surface area contributed by atoms with Crippen molar-refractivity contribution in [3.63, 3.8) is 0 Å². The first-order valence-corrected chi connectivity index (χ1v) is 6.44. The Morgan fingerprint density at radius 1 is 0.824 bits per heavy atom. The van der Waals surface area contributed by atoms with Crippen LogP contribution in [0.5, 0.6) is 0 Å². The van der Waals surface area contributed by atoms with E-state index in [1.807, 2.05) is 53.7 Å². The number of carbonyl (C=O) groups is 2. The van der Waals surface area contributed by atoms with Gasteiger partial charge in [0.2, 0.25) is 11.6 Å². The first-order chi connectivity index (χ1) is 8.29. The molecule has 1 aliphatic rings. The molecular formula is C15H24O2. The van der Waals surface area contributed by atoms with Crippen LogP contribution in [0.15, 0.2) is 24.3 Å². The third-order valence-electron chi connectivity index (χ3n) is 1.87. The molecule has 0 heterocycles. The average Bonchev–Trinajstić information content (AvgIpc) is 2.73.